The van der Waals surface area contributed by atoms with E-state index in [-0.39, 0.29) is 48.7 Å². The minimum atomic E-state index is -2.93. The molecule has 1 aliphatic carbocycles. The zero-order chi connectivity index (χ0) is 44.9. The molecule has 16 nitrogen and oxygen atoms in total. The van der Waals surface area contributed by atoms with Crippen molar-refractivity contribution < 1.29 is 41.8 Å². The number of benzene rings is 2. The van der Waals surface area contributed by atoms with Crippen molar-refractivity contribution in [1.29, 1.82) is 0 Å². The Kier molecular flexibility index (Phi) is 12.9. The summed E-state index contributed by atoms with van der Waals surface area (Å²) in [5, 5.41) is 12.2. The first-order chi connectivity index (χ1) is 31.6. The van der Waals surface area contributed by atoms with Crippen LogP contribution in [0.3, 0.4) is 0 Å². The number of hydrogen-bond donors (Lipinski definition) is 3. The number of anilines is 2. The zero-order valence-electron chi connectivity index (χ0n) is 35.4. The number of rotatable bonds is 15. The molecule has 6 heterocycles. The van der Waals surface area contributed by atoms with E-state index >= 15 is 0 Å². The quantitative estimate of drug-likeness (QED) is 0.0788. The van der Waals surface area contributed by atoms with Gasteiger partial charge in [0.2, 0.25) is 17.7 Å². The summed E-state index contributed by atoms with van der Waals surface area (Å²) in [6, 6.07) is 17.8. The molecule has 3 atom stereocenters. The highest BCUT2D eigenvalue weighted by molar-refractivity contribution is 6.03. The number of amides is 4. The van der Waals surface area contributed by atoms with Gasteiger partial charge in [-0.15, -0.1) is 0 Å². The summed E-state index contributed by atoms with van der Waals surface area (Å²) >= 11 is 0. The first-order valence-electron chi connectivity index (χ1n) is 21.8. The van der Waals surface area contributed by atoms with E-state index < -0.39 is 42.2 Å². The molecular formula is C47H47F2N9O7. The third kappa shape index (κ3) is 10.7. The Balaban J connectivity index is 0.724. The molecule has 0 bridgehead atoms. The van der Waals surface area contributed by atoms with Crippen LogP contribution in [0.5, 0.6) is 0 Å². The van der Waals surface area contributed by atoms with Gasteiger partial charge in [-0.05, 0) is 92.0 Å². The van der Waals surface area contributed by atoms with Gasteiger partial charge in [0.1, 0.15) is 24.2 Å². The molecule has 9 rings (SSSR count). The minimum Gasteiger partial charge on any atom is -0.444 e. The number of carbonyl (C=O) groups is 4. The van der Waals surface area contributed by atoms with Gasteiger partial charge in [0, 0.05) is 43.4 Å². The Morgan fingerprint density at radius 3 is 2.63 bits per heavy atom. The number of imide groups is 1. The number of hydrogen-bond acceptors (Lipinski definition) is 12. The molecule has 4 amide bonds. The maximum atomic E-state index is 14.1. The van der Waals surface area contributed by atoms with Gasteiger partial charge in [0.15, 0.2) is 11.4 Å². The fourth-order valence-corrected chi connectivity index (χ4v) is 8.07. The molecule has 1 unspecified atom stereocenters. The number of nitrogens with one attached hydrogen (secondary N) is 3. The average molecular weight is 888 g/mol. The molecule has 2 aromatic carbocycles. The number of morpholine rings is 1. The number of carbonyl (C=O) groups excluding carboxylic acids is 4. The number of aryl methyl sites for hydroxylation is 1. The minimum absolute atomic E-state index is 0.0645. The van der Waals surface area contributed by atoms with Gasteiger partial charge < -0.3 is 24.5 Å². The molecule has 3 saturated heterocycles. The van der Waals surface area contributed by atoms with Crippen molar-refractivity contribution in [2.75, 3.05) is 50.0 Å². The number of alkyl halides is 2. The fourth-order valence-electron chi connectivity index (χ4n) is 8.07. The molecule has 336 valence electrons. The van der Waals surface area contributed by atoms with Crippen molar-refractivity contribution in [1.82, 2.24) is 34.9 Å². The van der Waals surface area contributed by atoms with E-state index in [9.17, 15) is 28.0 Å². The average Bonchev–Trinajstić information content (AvgIpc) is 3.62. The molecule has 4 aliphatic rings. The van der Waals surface area contributed by atoms with Crippen molar-refractivity contribution in [2.45, 2.75) is 69.6 Å². The van der Waals surface area contributed by atoms with Crippen LogP contribution in [0.15, 0.2) is 83.7 Å². The summed E-state index contributed by atoms with van der Waals surface area (Å²) in [4.78, 5) is 61.7. The summed E-state index contributed by atoms with van der Waals surface area (Å²) in [7, 11) is 0. The first kappa shape index (κ1) is 43.3. The molecule has 65 heavy (non-hydrogen) atoms. The Morgan fingerprint density at radius 2 is 1.85 bits per heavy atom. The molecule has 3 N–H and O–H groups in total. The second kappa shape index (κ2) is 19.4. The third-order valence-corrected chi connectivity index (χ3v) is 11.9. The number of piperidine rings is 1. The molecule has 5 aromatic rings. The van der Waals surface area contributed by atoms with Crippen LogP contribution in [0.1, 0.15) is 83.9 Å². The van der Waals surface area contributed by atoms with Crippen LogP contribution < -0.4 is 16.0 Å². The lowest BCUT2D eigenvalue weighted by Gasteiger charge is -2.31. The first-order valence-corrected chi connectivity index (χ1v) is 21.8. The molecule has 4 fully saturated rings. The SMILES string of the molecule is O=C1CCC(N2C[C@H](c3ccc(C#CCN4CCO[C@@H](CCCc5ccc(-n6cc(NC(=O)c7coc(-c8ccnc(NCC9CC9)c8)n7)c(C(F)F)n6)cc5)C4)cc3)OC2=O)C(=O)N1. The van der Waals surface area contributed by atoms with Gasteiger partial charge in [-0.1, -0.05) is 36.1 Å². The highest BCUT2D eigenvalue weighted by Crippen LogP contribution is 2.32. The number of ether oxygens (including phenoxy) is 2. The van der Waals surface area contributed by atoms with E-state index in [1.165, 1.54) is 34.9 Å². The Bertz CT molecular complexity index is 2600. The van der Waals surface area contributed by atoms with Crippen LogP contribution in [0.4, 0.5) is 25.1 Å². The van der Waals surface area contributed by atoms with Gasteiger partial charge in [-0.25, -0.2) is 28.2 Å². The zero-order valence-corrected chi connectivity index (χ0v) is 35.4. The van der Waals surface area contributed by atoms with Crippen molar-refractivity contribution in [3.63, 3.8) is 0 Å². The third-order valence-electron chi connectivity index (χ3n) is 11.9. The van der Waals surface area contributed by atoms with Crippen LogP contribution in [0.2, 0.25) is 0 Å². The number of oxazole rings is 1. The molecule has 0 radical (unpaired) electrons. The van der Waals surface area contributed by atoms with E-state index in [0.29, 0.717) is 36.1 Å². The van der Waals surface area contributed by atoms with Gasteiger partial charge in [-0.2, -0.15) is 5.10 Å². The normalized spacial score (nSPS) is 20.0. The monoisotopic (exact) mass is 887 g/mol. The largest absolute Gasteiger partial charge is 0.444 e. The predicted octanol–water partition coefficient (Wildman–Crippen LogP) is 6.31. The van der Waals surface area contributed by atoms with Crippen LogP contribution >= 0.6 is 0 Å². The smallest absolute Gasteiger partial charge is 0.411 e. The molecular weight excluding hydrogens is 841 g/mol. The van der Waals surface area contributed by atoms with E-state index in [1.54, 1.807) is 18.3 Å². The number of nitrogens with zero attached hydrogens (tertiary/aromatic N) is 6. The van der Waals surface area contributed by atoms with Crippen molar-refractivity contribution >= 4 is 35.3 Å². The van der Waals surface area contributed by atoms with Crippen LogP contribution in [-0.4, -0.2) is 105 Å². The van der Waals surface area contributed by atoms with E-state index in [1.807, 2.05) is 48.5 Å². The Labute approximate surface area is 373 Å². The van der Waals surface area contributed by atoms with Crippen molar-refractivity contribution in [3.8, 4) is 29.0 Å². The highest BCUT2D eigenvalue weighted by atomic mass is 19.3. The highest BCUT2D eigenvalue weighted by Gasteiger charge is 2.42. The van der Waals surface area contributed by atoms with E-state index in [4.69, 9.17) is 13.9 Å². The molecule has 18 heteroatoms. The molecule has 3 aromatic heterocycles. The van der Waals surface area contributed by atoms with Crippen molar-refractivity contribution in [2.24, 2.45) is 5.92 Å². The van der Waals surface area contributed by atoms with Gasteiger partial charge in [0.25, 0.3) is 12.3 Å². The molecule has 1 saturated carbocycles. The summed E-state index contributed by atoms with van der Waals surface area (Å²) in [6.07, 6.45) is 5.62. The second-order valence-electron chi connectivity index (χ2n) is 16.6. The predicted molar refractivity (Wildman–Crippen MR) is 232 cm³/mol. The van der Waals surface area contributed by atoms with Gasteiger partial charge in [-0.3, -0.25) is 29.5 Å². The molecule has 3 aliphatic heterocycles. The molecule has 0 spiro atoms. The second-order valence-corrected chi connectivity index (χ2v) is 16.6. The lowest BCUT2D eigenvalue weighted by atomic mass is 10.0. The lowest BCUT2D eigenvalue weighted by Crippen LogP contribution is -2.52. The summed E-state index contributed by atoms with van der Waals surface area (Å²) in [5.41, 5.74) is 3.13. The Morgan fingerprint density at radius 1 is 1.02 bits per heavy atom. The standard InChI is InChI=1S/C47H47F2N9O7/c48-43(49)42-36(52-44(60)37-28-64-46(53-37)33-18-19-50-40(23-33)51-24-31-6-7-31)26-58(55-42)34-14-10-29(11-15-34)3-1-5-35-25-56(21-22-63-35)20-2-4-30-8-12-32(13-9-30)39-27-57(47(62)65-39)38-16-17-41(59)54-45(38)61/h8-15,18-19,23,26,28,31,35,38-39,43H,1,3,5-7,16-17,20-22,24-25,27H2,(H,50,51)(H,52,60)(H,54,59,61)/t35-,38?,39+/m0/s1. The summed E-state index contributed by atoms with van der Waals surface area (Å²) in [6.45, 7) is 3.80. The number of cyclic esters (lactones) is 1. The van der Waals surface area contributed by atoms with E-state index in [2.05, 4.69) is 47.8 Å². The van der Waals surface area contributed by atoms with Crippen LogP contribution in [0, 0.1) is 17.8 Å². The fraction of sp³-hybridized carbons (Fsp3) is 0.383. The maximum absolute atomic E-state index is 14.1. The summed E-state index contributed by atoms with van der Waals surface area (Å²) < 4.78 is 46.7. The Hall–Kier alpha value is -6.97. The topological polar surface area (TPSA) is 186 Å². The lowest BCUT2D eigenvalue weighted by molar-refractivity contribution is -0.136. The van der Waals surface area contributed by atoms with Gasteiger partial charge in [0.05, 0.1) is 43.4 Å². The number of pyridine rings is 1. The van der Waals surface area contributed by atoms with Crippen LogP contribution in [-0.2, 0) is 25.5 Å². The van der Waals surface area contributed by atoms with Crippen LogP contribution in [0.25, 0.3) is 17.1 Å². The van der Waals surface area contributed by atoms with Crippen molar-refractivity contribution in [3.05, 3.63) is 107 Å². The number of halogens is 2. The van der Waals surface area contributed by atoms with Gasteiger partial charge >= 0.3 is 6.09 Å². The summed E-state index contributed by atoms with van der Waals surface area (Å²) in [5.74, 6) is 6.50. The number of aromatic nitrogens is 4. The maximum Gasteiger partial charge on any atom is 0.411 e. The van der Waals surface area contributed by atoms with E-state index in [0.717, 1.165) is 55.6 Å².